The van der Waals surface area contributed by atoms with E-state index in [9.17, 15) is 14.0 Å². The molecule has 1 N–H and O–H groups in total. The number of carbonyl (C=O) groups excluding carboxylic acids is 2. The van der Waals surface area contributed by atoms with Crippen LogP contribution in [-0.2, 0) is 22.5 Å². The molecule has 0 aliphatic carbocycles. The standard InChI is InChI=1S/C24H28FNO3.C8H10/c1-6-29-24(28)19-10-11-21(16(4)12-19)22(17(5)15(2)3)23(27)26-14-18-8-7-9-20(25)13-18;1-2-8-6-4-3-5-7-8/h7-13,15H,6,14H2,1-5H3,(H,26,27);3-7H,2H2,1H3/b22-17-;. The van der Waals surface area contributed by atoms with Gasteiger partial charge in [-0.05, 0) is 79.6 Å². The minimum atomic E-state index is -0.385. The van der Waals surface area contributed by atoms with Gasteiger partial charge >= 0.3 is 5.97 Å². The molecule has 0 bridgehead atoms. The van der Waals surface area contributed by atoms with E-state index in [1.807, 2.05) is 33.8 Å². The molecule has 3 aromatic carbocycles. The van der Waals surface area contributed by atoms with Gasteiger partial charge in [0.1, 0.15) is 5.82 Å². The highest BCUT2D eigenvalue weighted by molar-refractivity contribution is 6.21. The normalized spacial score (nSPS) is 11.2. The van der Waals surface area contributed by atoms with Gasteiger partial charge in [0.05, 0.1) is 12.2 Å². The summed E-state index contributed by atoms with van der Waals surface area (Å²) in [4.78, 5) is 25.1. The molecule has 0 saturated carbocycles. The van der Waals surface area contributed by atoms with Crippen molar-refractivity contribution in [1.29, 1.82) is 0 Å². The molecule has 0 unspecified atom stereocenters. The van der Waals surface area contributed by atoms with E-state index in [-0.39, 0.29) is 30.2 Å². The van der Waals surface area contributed by atoms with E-state index in [0.717, 1.165) is 23.1 Å². The second-order valence-corrected chi connectivity index (χ2v) is 9.11. The average molecular weight is 504 g/mol. The predicted molar refractivity (Wildman–Crippen MR) is 149 cm³/mol. The Morgan fingerprint density at radius 2 is 1.59 bits per heavy atom. The van der Waals surface area contributed by atoms with Gasteiger partial charge in [0.2, 0.25) is 0 Å². The Hall–Kier alpha value is -3.73. The highest BCUT2D eigenvalue weighted by Gasteiger charge is 2.20. The van der Waals surface area contributed by atoms with Gasteiger partial charge in [-0.3, -0.25) is 4.79 Å². The first-order valence-electron chi connectivity index (χ1n) is 12.7. The number of hydrogen-bond donors (Lipinski definition) is 1. The maximum absolute atomic E-state index is 13.4. The molecule has 0 radical (unpaired) electrons. The monoisotopic (exact) mass is 503 g/mol. The Morgan fingerprint density at radius 3 is 2.14 bits per heavy atom. The molecule has 3 aromatic rings. The summed E-state index contributed by atoms with van der Waals surface area (Å²) in [6.07, 6.45) is 1.14. The summed E-state index contributed by atoms with van der Waals surface area (Å²) in [6, 6.07) is 21.8. The van der Waals surface area contributed by atoms with Crippen molar-refractivity contribution in [2.75, 3.05) is 6.61 Å². The van der Waals surface area contributed by atoms with Crippen LogP contribution in [0.3, 0.4) is 0 Å². The maximum atomic E-state index is 13.4. The molecular weight excluding hydrogens is 465 g/mol. The summed E-state index contributed by atoms with van der Waals surface area (Å²) in [5, 5.41) is 2.89. The Morgan fingerprint density at radius 1 is 0.919 bits per heavy atom. The zero-order chi connectivity index (χ0) is 27.4. The molecule has 0 aliphatic heterocycles. The molecule has 0 atom stereocenters. The van der Waals surface area contributed by atoms with Gasteiger partial charge in [-0.15, -0.1) is 0 Å². The molecule has 37 heavy (non-hydrogen) atoms. The van der Waals surface area contributed by atoms with Gasteiger partial charge in [0.25, 0.3) is 5.91 Å². The third-order valence-electron chi connectivity index (χ3n) is 6.09. The van der Waals surface area contributed by atoms with Gasteiger partial charge < -0.3 is 10.1 Å². The molecule has 4 nitrogen and oxygen atoms in total. The van der Waals surface area contributed by atoms with Crippen molar-refractivity contribution in [2.45, 2.75) is 54.5 Å². The number of rotatable bonds is 8. The van der Waals surface area contributed by atoms with Crippen LogP contribution in [0.15, 0.2) is 78.4 Å². The number of hydrogen-bond acceptors (Lipinski definition) is 3. The lowest BCUT2D eigenvalue weighted by Gasteiger charge is -2.18. The number of amides is 1. The predicted octanol–water partition coefficient (Wildman–Crippen LogP) is 7.31. The second kappa shape index (κ2) is 14.7. The quantitative estimate of drug-likeness (QED) is 0.259. The Labute approximate surface area is 220 Å². The molecule has 3 rings (SSSR count). The summed E-state index contributed by atoms with van der Waals surface area (Å²) in [5.41, 5.74) is 5.64. The molecule has 0 saturated heterocycles. The van der Waals surface area contributed by atoms with Crippen LogP contribution in [0, 0.1) is 18.7 Å². The Kier molecular flexibility index (Phi) is 11.8. The van der Waals surface area contributed by atoms with Gasteiger partial charge in [-0.1, -0.05) is 74.9 Å². The summed E-state index contributed by atoms with van der Waals surface area (Å²) in [6.45, 7) is 12.3. The van der Waals surface area contributed by atoms with Crippen LogP contribution in [0.4, 0.5) is 4.39 Å². The van der Waals surface area contributed by atoms with Crippen molar-refractivity contribution in [1.82, 2.24) is 5.32 Å². The summed E-state index contributed by atoms with van der Waals surface area (Å²) in [7, 11) is 0. The minimum Gasteiger partial charge on any atom is -0.462 e. The van der Waals surface area contributed by atoms with Crippen LogP contribution < -0.4 is 5.32 Å². The summed E-state index contributed by atoms with van der Waals surface area (Å²) >= 11 is 0. The van der Waals surface area contributed by atoms with Gasteiger partial charge in [0, 0.05) is 12.1 Å². The third-order valence-corrected chi connectivity index (χ3v) is 6.09. The van der Waals surface area contributed by atoms with Crippen molar-refractivity contribution >= 4 is 17.4 Å². The maximum Gasteiger partial charge on any atom is 0.338 e. The Bertz CT molecular complexity index is 1220. The second-order valence-electron chi connectivity index (χ2n) is 9.11. The van der Waals surface area contributed by atoms with E-state index in [1.165, 1.54) is 17.7 Å². The number of halogens is 1. The lowest BCUT2D eigenvalue weighted by Crippen LogP contribution is -2.25. The van der Waals surface area contributed by atoms with Crippen molar-refractivity contribution in [3.8, 4) is 0 Å². The minimum absolute atomic E-state index is 0.161. The topological polar surface area (TPSA) is 55.4 Å². The number of aryl methyl sites for hydroxylation is 2. The average Bonchev–Trinajstić information content (AvgIpc) is 2.89. The molecule has 0 fully saturated rings. The van der Waals surface area contributed by atoms with E-state index >= 15 is 0 Å². The number of allylic oxidation sites excluding steroid dienone is 1. The van der Waals surface area contributed by atoms with Crippen molar-refractivity contribution in [3.63, 3.8) is 0 Å². The van der Waals surface area contributed by atoms with Gasteiger partial charge in [-0.25, -0.2) is 9.18 Å². The largest absolute Gasteiger partial charge is 0.462 e. The smallest absolute Gasteiger partial charge is 0.338 e. The molecule has 0 aliphatic rings. The highest BCUT2D eigenvalue weighted by Crippen LogP contribution is 2.27. The molecule has 196 valence electrons. The lowest BCUT2D eigenvalue weighted by molar-refractivity contribution is -0.115. The van der Waals surface area contributed by atoms with E-state index in [1.54, 1.807) is 37.3 Å². The zero-order valence-electron chi connectivity index (χ0n) is 22.7. The SMILES string of the molecule is CCOC(=O)c1ccc(/C(C(=O)NCc2cccc(F)c2)=C(\C)C(C)C)c(C)c1.CCc1ccccc1. The summed E-state index contributed by atoms with van der Waals surface area (Å²) in [5.74, 6) is -0.790. The van der Waals surface area contributed by atoms with E-state index < -0.39 is 0 Å². The first kappa shape index (κ1) is 29.5. The van der Waals surface area contributed by atoms with Gasteiger partial charge in [-0.2, -0.15) is 0 Å². The first-order chi connectivity index (χ1) is 17.7. The van der Waals surface area contributed by atoms with E-state index in [2.05, 4.69) is 36.5 Å². The fourth-order valence-corrected chi connectivity index (χ4v) is 3.72. The number of benzene rings is 3. The van der Waals surface area contributed by atoms with E-state index in [0.29, 0.717) is 23.3 Å². The van der Waals surface area contributed by atoms with Crippen LogP contribution in [0.1, 0.15) is 67.2 Å². The molecule has 0 spiro atoms. The van der Waals surface area contributed by atoms with Gasteiger partial charge in [0.15, 0.2) is 0 Å². The van der Waals surface area contributed by atoms with Crippen LogP contribution in [0.5, 0.6) is 0 Å². The molecular formula is C32H38FNO3. The van der Waals surface area contributed by atoms with Crippen LogP contribution in [0.25, 0.3) is 5.57 Å². The molecule has 1 amide bonds. The van der Waals surface area contributed by atoms with Crippen LogP contribution >= 0.6 is 0 Å². The third kappa shape index (κ3) is 9.02. The molecule has 0 heterocycles. The highest BCUT2D eigenvalue weighted by atomic mass is 19.1. The van der Waals surface area contributed by atoms with Crippen molar-refractivity contribution in [2.24, 2.45) is 5.92 Å². The van der Waals surface area contributed by atoms with Crippen LogP contribution in [-0.4, -0.2) is 18.5 Å². The number of ether oxygens (including phenoxy) is 1. The number of esters is 1. The molecule has 5 heteroatoms. The number of carbonyl (C=O) groups is 2. The van der Waals surface area contributed by atoms with E-state index in [4.69, 9.17) is 4.74 Å². The summed E-state index contributed by atoms with van der Waals surface area (Å²) < 4.78 is 18.5. The first-order valence-corrected chi connectivity index (χ1v) is 12.7. The zero-order valence-corrected chi connectivity index (χ0v) is 22.7. The Balaban J connectivity index is 0.000000510. The van der Waals surface area contributed by atoms with Crippen molar-refractivity contribution < 1.29 is 18.7 Å². The van der Waals surface area contributed by atoms with Crippen molar-refractivity contribution in [3.05, 3.63) is 112 Å². The molecule has 0 aromatic heterocycles. The lowest BCUT2D eigenvalue weighted by atomic mass is 9.90. The van der Waals surface area contributed by atoms with Crippen LogP contribution in [0.2, 0.25) is 0 Å². The number of nitrogens with one attached hydrogen (secondary N) is 1. The fourth-order valence-electron chi connectivity index (χ4n) is 3.72. The fraction of sp³-hybridized carbons (Fsp3) is 0.312.